The maximum absolute atomic E-state index is 12.6. The van der Waals surface area contributed by atoms with Gasteiger partial charge in [-0.25, -0.2) is 4.79 Å². The lowest BCUT2D eigenvalue weighted by molar-refractivity contribution is -0.331. The third-order valence-corrected chi connectivity index (χ3v) is 3.79. The van der Waals surface area contributed by atoms with Gasteiger partial charge in [-0.2, -0.15) is 8.78 Å². The number of hydrogen-bond donors (Lipinski definition) is 1. The minimum Gasteiger partial charge on any atom is -0.544 e. The fourth-order valence-electron chi connectivity index (χ4n) is 1.11. The van der Waals surface area contributed by atoms with Gasteiger partial charge in [0.05, 0.1) is 7.14 Å². The Morgan fingerprint density at radius 2 is 1.86 bits per heavy atom. The molecular formula is C12H7F2I2O5-. The van der Waals surface area contributed by atoms with Crippen LogP contribution >= 0.6 is 45.2 Å². The Morgan fingerprint density at radius 1 is 1.33 bits per heavy atom. The molecule has 1 N–H and O–H groups in total. The number of carboxylic acids is 1. The molecule has 0 atom stereocenters. The molecule has 0 spiro atoms. The molecule has 0 heterocycles. The number of esters is 1. The van der Waals surface area contributed by atoms with Gasteiger partial charge in [0, 0.05) is 6.08 Å². The highest BCUT2D eigenvalue weighted by Crippen LogP contribution is 2.27. The molecule has 1 aromatic rings. The standard InChI is InChI=1S/C12H8F2I2O5/c13-12(14,11(19)20)5-21-9(17)2-1-6-3-7(15)10(18)8(16)4-6/h1-4,18H,5H2,(H,19,20)/p-1/b2-1+. The van der Waals surface area contributed by atoms with E-state index in [1.807, 2.05) is 45.2 Å². The van der Waals surface area contributed by atoms with Crippen LogP contribution in [0.4, 0.5) is 8.78 Å². The molecule has 0 radical (unpaired) electrons. The van der Waals surface area contributed by atoms with Crippen LogP contribution in [-0.4, -0.2) is 29.6 Å². The molecule has 1 rings (SSSR count). The average molecular weight is 523 g/mol. The van der Waals surface area contributed by atoms with Gasteiger partial charge in [0.2, 0.25) is 0 Å². The number of aliphatic carboxylic acids is 1. The van der Waals surface area contributed by atoms with Crippen molar-refractivity contribution in [1.29, 1.82) is 0 Å². The second-order valence-electron chi connectivity index (χ2n) is 3.77. The lowest BCUT2D eigenvalue weighted by atomic mass is 10.2. The quantitative estimate of drug-likeness (QED) is 0.360. The van der Waals surface area contributed by atoms with Gasteiger partial charge in [-0.1, -0.05) is 0 Å². The van der Waals surface area contributed by atoms with E-state index in [-0.39, 0.29) is 5.75 Å². The summed E-state index contributed by atoms with van der Waals surface area (Å²) in [7, 11) is 0. The fraction of sp³-hybridized carbons (Fsp3) is 0.167. The van der Waals surface area contributed by atoms with Crippen molar-refractivity contribution in [2.75, 3.05) is 6.61 Å². The normalized spacial score (nSPS) is 11.6. The van der Waals surface area contributed by atoms with E-state index in [2.05, 4.69) is 4.74 Å². The summed E-state index contributed by atoms with van der Waals surface area (Å²) in [5, 5.41) is 19.6. The second kappa shape index (κ2) is 7.33. The molecule has 0 aromatic heterocycles. The second-order valence-corrected chi connectivity index (χ2v) is 6.09. The van der Waals surface area contributed by atoms with Crippen LogP contribution in [0.15, 0.2) is 18.2 Å². The molecule has 0 aliphatic heterocycles. The Balaban J connectivity index is 2.69. The molecule has 1 aromatic carbocycles. The number of alkyl halides is 2. The molecule has 0 saturated carbocycles. The Kier molecular flexibility index (Phi) is 6.31. The average Bonchev–Trinajstić information content (AvgIpc) is 2.40. The van der Waals surface area contributed by atoms with Gasteiger partial charge in [0.1, 0.15) is 11.7 Å². The first-order valence-electron chi connectivity index (χ1n) is 5.25. The van der Waals surface area contributed by atoms with Crippen molar-refractivity contribution in [1.82, 2.24) is 0 Å². The number of ether oxygens (including phenoxy) is 1. The van der Waals surface area contributed by atoms with Crippen LogP contribution in [0.5, 0.6) is 5.75 Å². The summed E-state index contributed by atoms with van der Waals surface area (Å²) < 4.78 is 30.5. The molecule has 0 aliphatic rings. The summed E-state index contributed by atoms with van der Waals surface area (Å²) >= 11 is 3.78. The number of halogens is 4. The lowest BCUT2D eigenvalue weighted by Crippen LogP contribution is -2.45. The number of rotatable bonds is 5. The van der Waals surface area contributed by atoms with Crippen molar-refractivity contribution in [3.8, 4) is 5.75 Å². The number of carbonyl (C=O) groups excluding carboxylic acids is 2. The third-order valence-electron chi connectivity index (χ3n) is 2.15. The number of phenolic OH excluding ortho intramolecular Hbond substituents is 1. The van der Waals surface area contributed by atoms with E-state index in [4.69, 9.17) is 0 Å². The first-order valence-corrected chi connectivity index (χ1v) is 7.41. The van der Waals surface area contributed by atoms with Crippen LogP contribution in [0.1, 0.15) is 5.56 Å². The summed E-state index contributed by atoms with van der Waals surface area (Å²) in [6.45, 7) is -1.59. The van der Waals surface area contributed by atoms with Crippen LogP contribution in [0.2, 0.25) is 0 Å². The molecule has 0 unspecified atom stereocenters. The van der Waals surface area contributed by atoms with Crippen molar-refractivity contribution in [3.05, 3.63) is 30.9 Å². The third kappa shape index (κ3) is 5.37. The molecular weight excluding hydrogens is 516 g/mol. The maximum atomic E-state index is 12.6. The minimum absolute atomic E-state index is 0.101. The van der Waals surface area contributed by atoms with Crippen molar-refractivity contribution in [2.24, 2.45) is 0 Å². The Morgan fingerprint density at radius 3 is 2.33 bits per heavy atom. The number of aromatic hydroxyl groups is 1. The summed E-state index contributed by atoms with van der Waals surface area (Å²) in [5.41, 5.74) is 0.546. The Hall–Kier alpha value is -0.980. The molecule has 9 heteroatoms. The zero-order chi connectivity index (χ0) is 16.2. The maximum Gasteiger partial charge on any atom is 0.330 e. The highest BCUT2D eigenvalue weighted by atomic mass is 127. The van der Waals surface area contributed by atoms with Gasteiger partial charge in [0.25, 0.3) is 0 Å². The van der Waals surface area contributed by atoms with Gasteiger partial charge in [-0.05, 0) is 69.0 Å². The van der Waals surface area contributed by atoms with E-state index in [1.54, 1.807) is 12.1 Å². The smallest absolute Gasteiger partial charge is 0.330 e. The summed E-state index contributed by atoms with van der Waals surface area (Å²) in [6.07, 6.45) is 2.17. The summed E-state index contributed by atoms with van der Waals surface area (Å²) in [4.78, 5) is 21.2. The number of phenols is 1. The van der Waals surface area contributed by atoms with Gasteiger partial charge in [-0.15, -0.1) is 0 Å². The molecule has 0 fully saturated rings. The van der Waals surface area contributed by atoms with Gasteiger partial charge in [-0.3, -0.25) is 0 Å². The van der Waals surface area contributed by atoms with Gasteiger partial charge < -0.3 is 19.7 Å². The molecule has 0 saturated heterocycles. The van der Waals surface area contributed by atoms with Crippen molar-refractivity contribution in [3.63, 3.8) is 0 Å². The number of carbonyl (C=O) groups is 2. The minimum atomic E-state index is -4.23. The molecule has 5 nitrogen and oxygen atoms in total. The summed E-state index contributed by atoms with van der Waals surface area (Å²) in [6, 6.07) is 3.13. The monoisotopic (exact) mass is 523 g/mol. The van der Waals surface area contributed by atoms with E-state index < -0.39 is 24.5 Å². The van der Waals surface area contributed by atoms with E-state index in [0.717, 1.165) is 6.08 Å². The van der Waals surface area contributed by atoms with E-state index in [1.165, 1.54) is 6.08 Å². The van der Waals surface area contributed by atoms with Crippen LogP contribution in [0, 0.1) is 7.14 Å². The first-order chi connectivity index (χ1) is 9.63. The Labute approximate surface area is 145 Å². The molecule has 21 heavy (non-hydrogen) atoms. The first kappa shape index (κ1) is 18.1. The molecule has 0 bridgehead atoms. The van der Waals surface area contributed by atoms with E-state index in [9.17, 15) is 28.6 Å². The van der Waals surface area contributed by atoms with Crippen molar-refractivity contribution in [2.45, 2.75) is 5.92 Å². The van der Waals surface area contributed by atoms with E-state index >= 15 is 0 Å². The number of benzene rings is 1. The molecule has 0 amide bonds. The molecule has 0 aliphatic carbocycles. The van der Waals surface area contributed by atoms with Crippen LogP contribution < -0.4 is 5.11 Å². The number of carboxylic acid groups (broad SMARTS) is 1. The lowest BCUT2D eigenvalue weighted by Gasteiger charge is -2.16. The predicted molar refractivity (Wildman–Crippen MR) is 83.5 cm³/mol. The topological polar surface area (TPSA) is 86.7 Å². The fourth-order valence-corrected chi connectivity index (χ4v) is 2.93. The predicted octanol–water partition coefficient (Wildman–Crippen LogP) is 1.54. The van der Waals surface area contributed by atoms with Gasteiger partial charge in [0.15, 0.2) is 6.61 Å². The highest BCUT2D eigenvalue weighted by Gasteiger charge is 2.32. The largest absolute Gasteiger partial charge is 0.544 e. The Bertz CT molecular complexity index is 578. The van der Waals surface area contributed by atoms with Crippen molar-refractivity contribution < 1.29 is 33.3 Å². The van der Waals surface area contributed by atoms with Crippen molar-refractivity contribution >= 4 is 63.2 Å². The SMILES string of the molecule is O=C(/C=C/c1cc(I)c(O)c(I)c1)OCC(F)(F)C(=O)[O-]. The number of hydrogen-bond acceptors (Lipinski definition) is 5. The summed E-state index contributed by atoms with van der Waals surface area (Å²) in [5.74, 6) is -7.85. The van der Waals surface area contributed by atoms with Crippen LogP contribution in [0.3, 0.4) is 0 Å². The zero-order valence-corrected chi connectivity index (χ0v) is 14.4. The van der Waals surface area contributed by atoms with Gasteiger partial charge >= 0.3 is 11.9 Å². The molecule has 114 valence electrons. The van der Waals surface area contributed by atoms with Crippen LogP contribution in [0.25, 0.3) is 6.08 Å². The van der Waals surface area contributed by atoms with Crippen LogP contribution in [-0.2, 0) is 14.3 Å². The highest BCUT2D eigenvalue weighted by molar-refractivity contribution is 14.1. The zero-order valence-electron chi connectivity index (χ0n) is 10.1. The van der Waals surface area contributed by atoms with E-state index in [0.29, 0.717) is 12.7 Å².